The molecule has 1 aliphatic rings. The van der Waals surface area contributed by atoms with Crippen molar-refractivity contribution in [2.45, 2.75) is 18.9 Å². The Bertz CT molecular complexity index is 465. The van der Waals surface area contributed by atoms with Crippen molar-refractivity contribution in [1.29, 1.82) is 0 Å². The number of aryl methyl sites for hydroxylation is 1. The largest absolute Gasteiger partial charge is 0.349 e. The van der Waals surface area contributed by atoms with Crippen LogP contribution in [-0.2, 0) is 16.9 Å². The molecule has 2 heterocycles. The zero-order valence-corrected chi connectivity index (χ0v) is 9.71. The summed E-state index contributed by atoms with van der Waals surface area (Å²) in [7, 11) is -0.992. The molecule has 0 radical (unpaired) electrons. The van der Waals surface area contributed by atoms with Crippen molar-refractivity contribution < 1.29 is 8.42 Å². The van der Waals surface area contributed by atoms with Crippen LogP contribution in [0.4, 0.5) is 5.95 Å². The third-order valence-corrected chi connectivity index (χ3v) is 4.64. The highest BCUT2D eigenvalue weighted by Crippen LogP contribution is 2.26. The van der Waals surface area contributed by atoms with Crippen LogP contribution in [0.1, 0.15) is 13.3 Å². The van der Waals surface area contributed by atoms with E-state index in [-0.39, 0.29) is 17.0 Å². The van der Waals surface area contributed by atoms with Crippen molar-refractivity contribution in [3.63, 3.8) is 0 Å². The molecule has 2 rings (SSSR count). The number of rotatable bonds is 2. The van der Waals surface area contributed by atoms with E-state index in [1.54, 1.807) is 6.20 Å². The van der Waals surface area contributed by atoms with Crippen LogP contribution in [0.25, 0.3) is 0 Å². The highest BCUT2D eigenvalue weighted by Gasteiger charge is 2.38. The molecule has 1 aromatic heterocycles. The van der Waals surface area contributed by atoms with Gasteiger partial charge >= 0.3 is 0 Å². The summed E-state index contributed by atoms with van der Waals surface area (Å²) in [6.45, 7) is 1.92. The molecule has 0 bridgehead atoms. The van der Waals surface area contributed by atoms with Gasteiger partial charge in [0.05, 0.1) is 17.0 Å². The zero-order valence-electron chi connectivity index (χ0n) is 8.90. The molecule has 0 saturated carbocycles. The molecule has 1 N–H and O–H groups in total. The third-order valence-electron chi connectivity index (χ3n) is 2.74. The van der Waals surface area contributed by atoms with Crippen molar-refractivity contribution >= 4 is 15.8 Å². The summed E-state index contributed by atoms with van der Waals surface area (Å²) >= 11 is 0. The number of hydrogen-bond acceptors (Lipinski definition) is 4. The average Bonchev–Trinajstić information content (AvgIpc) is 2.59. The Labute approximate surface area is 89.4 Å². The molecular weight excluding hydrogens is 214 g/mol. The summed E-state index contributed by atoms with van der Waals surface area (Å²) in [5.41, 5.74) is -0.377. The smallest absolute Gasteiger partial charge is 0.202 e. The molecule has 15 heavy (non-hydrogen) atoms. The Balaban J connectivity index is 2.17. The minimum absolute atomic E-state index is 0.187. The van der Waals surface area contributed by atoms with Gasteiger partial charge in [0.1, 0.15) is 0 Å². The first kappa shape index (κ1) is 10.5. The minimum atomic E-state index is -2.87. The van der Waals surface area contributed by atoms with Crippen molar-refractivity contribution in [3.8, 4) is 0 Å². The lowest BCUT2D eigenvalue weighted by Gasteiger charge is -2.24. The van der Waals surface area contributed by atoms with Crippen LogP contribution in [0.15, 0.2) is 12.4 Å². The SMILES string of the molecule is Cn1ccnc1NC1(C)CCS(=O)(=O)C1. The van der Waals surface area contributed by atoms with E-state index in [4.69, 9.17) is 0 Å². The van der Waals surface area contributed by atoms with Crippen molar-refractivity contribution in [1.82, 2.24) is 9.55 Å². The fraction of sp³-hybridized carbons (Fsp3) is 0.667. The van der Waals surface area contributed by atoms with Crippen molar-refractivity contribution in [3.05, 3.63) is 12.4 Å². The first-order valence-electron chi connectivity index (χ1n) is 4.86. The highest BCUT2D eigenvalue weighted by molar-refractivity contribution is 7.91. The molecule has 0 aliphatic carbocycles. The molecule has 1 fully saturated rings. The maximum atomic E-state index is 11.4. The van der Waals surface area contributed by atoms with Gasteiger partial charge in [-0.25, -0.2) is 13.4 Å². The second-order valence-corrected chi connectivity index (χ2v) is 6.57. The van der Waals surface area contributed by atoms with Crippen LogP contribution in [0, 0.1) is 0 Å². The van der Waals surface area contributed by atoms with Gasteiger partial charge in [-0.05, 0) is 13.3 Å². The molecule has 1 aliphatic heterocycles. The van der Waals surface area contributed by atoms with E-state index in [0.717, 1.165) is 5.95 Å². The fourth-order valence-corrected chi connectivity index (χ4v) is 3.96. The summed E-state index contributed by atoms with van der Waals surface area (Å²) in [5, 5.41) is 3.19. The molecule has 6 heteroatoms. The van der Waals surface area contributed by atoms with Gasteiger partial charge in [-0.3, -0.25) is 0 Å². The highest BCUT2D eigenvalue weighted by atomic mass is 32.2. The van der Waals surface area contributed by atoms with Gasteiger partial charge in [-0.2, -0.15) is 0 Å². The molecule has 1 atom stereocenters. The number of anilines is 1. The topological polar surface area (TPSA) is 64.0 Å². The van der Waals surface area contributed by atoms with Crippen LogP contribution < -0.4 is 5.32 Å². The Morgan fingerprint density at radius 1 is 1.60 bits per heavy atom. The van der Waals surface area contributed by atoms with E-state index < -0.39 is 9.84 Å². The number of hydrogen-bond donors (Lipinski definition) is 1. The number of nitrogens with zero attached hydrogens (tertiary/aromatic N) is 2. The van der Waals surface area contributed by atoms with E-state index >= 15 is 0 Å². The predicted molar refractivity (Wildman–Crippen MR) is 58.5 cm³/mol. The van der Waals surface area contributed by atoms with Gasteiger partial charge in [0.25, 0.3) is 0 Å². The maximum absolute atomic E-state index is 11.4. The van der Waals surface area contributed by atoms with Crippen LogP contribution in [0.5, 0.6) is 0 Å². The molecule has 0 spiro atoms. The van der Waals surface area contributed by atoms with Crippen LogP contribution in [0.3, 0.4) is 0 Å². The average molecular weight is 229 g/mol. The summed E-state index contributed by atoms with van der Waals surface area (Å²) < 4.78 is 24.6. The number of sulfone groups is 1. The van der Waals surface area contributed by atoms with E-state index in [9.17, 15) is 8.42 Å². The molecule has 84 valence electrons. The normalized spacial score (nSPS) is 29.2. The van der Waals surface area contributed by atoms with E-state index in [0.29, 0.717) is 6.42 Å². The van der Waals surface area contributed by atoms with Crippen molar-refractivity contribution in [2.75, 3.05) is 16.8 Å². The first-order chi connectivity index (χ1) is 6.90. The molecule has 0 amide bonds. The van der Waals surface area contributed by atoms with E-state index in [1.165, 1.54) is 0 Å². The summed E-state index contributed by atoms with van der Waals surface area (Å²) in [6.07, 6.45) is 4.16. The Hall–Kier alpha value is -1.04. The fourth-order valence-electron chi connectivity index (χ4n) is 1.87. The number of nitrogens with one attached hydrogen (secondary N) is 1. The molecule has 1 saturated heterocycles. The van der Waals surface area contributed by atoms with Crippen LogP contribution >= 0.6 is 0 Å². The van der Waals surface area contributed by atoms with Gasteiger partial charge in [0, 0.05) is 19.4 Å². The van der Waals surface area contributed by atoms with Gasteiger partial charge in [0.2, 0.25) is 5.95 Å². The van der Waals surface area contributed by atoms with Crippen molar-refractivity contribution in [2.24, 2.45) is 7.05 Å². The number of imidazole rings is 1. The lowest BCUT2D eigenvalue weighted by Crippen LogP contribution is -2.36. The quantitative estimate of drug-likeness (QED) is 0.797. The Kier molecular flexibility index (Phi) is 2.26. The molecular formula is C9H15N3O2S. The standard InChI is InChI=1S/C9H15N3O2S/c1-9(3-6-15(13,14)7-9)11-8-10-4-5-12(8)2/h4-5H,3,6-7H2,1-2H3,(H,10,11). The van der Waals surface area contributed by atoms with Crippen LogP contribution in [-0.4, -0.2) is 35.0 Å². The van der Waals surface area contributed by atoms with E-state index in [2.05, 4.69) is 10.3 Å². The van der Waals surface area contributed by atoms with Crippen LogP contribution in [0.2, 0.25) is 0 Å². The predicted octanol–water partition coefficient (Wildman–Crippen LogP) is 0.409. The molecule has 0 aromatic carbocycles. The first-order valence-corrected chi connectivity index (χ1v) is 6.68. The molecule has 1 aromatic rings. The molecule has 5 nitrogen and oxygen atoms in total. The number of aromatic nitrogens is 2. The van der Waals surface area contributed by atoms with Gasteiger partial charge in [-0.1, -0.05) is 0 Å². The summed E-state index contributed by atoms with van der Waals surface area (Å²) in [6, 6.07) is 0. The minimum Gasteiger partial charge on any atom is -0.349 e. The lowest BCUT2D eigenvalue weighted by atomic mass is 10.0. The van der Waals surface area contributed by atoms with Gasteiger partial charge < -0.3 is 9.88 Å². The van der Waals surface area contributed by atoms with E-state index in [1.807, 2.05) is 24.7 Å². The van der Waals surface area contributed by atoms with Gasteiger partial charge in [0.15, 0.2) is 9.84 Å². The third kappa shape index (κ3) is 2.14. The monoisotopic (exact) mass is 229 g/mol. The lowest BCUT2D eigenvalue weighted by molar-refractivity contribution is 0.566. The zero-order chi connectivity index (χ0) is 11.1. The summed E-state index contributed by atoms with van der Waals surface area (Å²) in [5.74, 6) is 1.17. The van der Waals surface area contributed by atoms with Gasteiger partial charge in [-0.15, -0.1) is 0 Å². The summed E-state index contributed by atoms with van der Waals surface area (Å²) in [4.78, 5) is 4.13. The Morgan fingerprint density at radius 3 is 2.80 bits per heavy atom. The second kappa shape index (κ2) is 3.23. The maximum Gasteiger partial charge on any atom is 0.202 e. The second-order valence-electron chi connectivity index (χ2n) is 4.39. The Morgan fingerprint density at radius 2 is 2.33 bits per heavy atom. The molecule has 1 unspecified atom stereocenters.